The number of ketones is 2. The number of furan rings is 1. The summed E-state index contributed by atoms with van der Waals surface area (Å²) in [5.41, 5.74) is 6.82. The van der Waals surface area contributed by atoms with Crippen LogP contribution in [0.15, 0.2) is 152 Å². The molecule has 0 radical (unpaired) electrons. The predicted molar refractivity (Wildman–Crippen MR) is 251 cm³/mol. The molecule has 3 aliphatic heterocycles. The van der Waals surface area contributed by atoms with E-state index in [1.807, 2.05) is 51.0 Å². The standard InChI is InChI=1S/C37H36N2O2.C16H16N2O3S/c1-36(2)30(38(5)28-18-15-22-11-7-9-13-24(22)32(28)36)20-17-26-34(40)27(35(26)41)21-31-37(3,4)33-25-14-10-8-12-23(25)16-19-29(33)39(31)6;1-17(2)11-7-5-9(21-11)13-15(19)14(16(13)20)10-6-8-12(22-10)18(3)4/h7-16,18-21,31,40H,17H2,1-6H3;5-8H,1-4H3/b27-21?,30-20-;. The molecule has 2 atom stereocenters. The van der Waals surface area contributed by atoms with E-state index in [-0.39, 0.29) is 51.1 Å². The molecular weight excluding hydrogens is 805 g/mol. The highest BCUT2D eigenvalue weighted by Crippen LogP contribution is 2.51. The lowest BCUT2D eigenvalue weighted by atomic mass is 9.75. The molecule has 1 N–H and O–H groups in total. The van der Waals surface area contributed by atoms with Crippen molar-refractivity contribution in [1.82, 2.24) is 0 Å². The summed E-state index contributed by atoms with van der Waals surface area (Å²) in [7, 11) is 11.7. The average Bonchev–Trinajstić information content (AvgIpc) is 4.02. The van der Waals surface area contributed by atoms with Crippen molar-refractivity contribution in [2.45, 2.75) is 51.0 Å². The summed E-state index contributed by atoms with van der Waals surface area (Å²) in [6.45, 7) is 8.93. The fraction of sp³-hybridized carbons (Fsp3) is 0.264. The number of carbonyl (C=O) groups is 2. The molecule has 0 saturated carbocycles. The largest absolute Gasteiger partial charge is 0.872 e. The Labute approximate surface area is 373 Å². The molecule has 4 heterocycles. The number of thioether (sulfide) groups is 1. The van der Waals surface area contributed by atoms with E-state index < -0.39 is 0 Å². The van der Waals surface area contributed by atoms with Gasteiger partial charge in [-0.1, -0.05) is 86.0 Å². The first-order chi connectivity index (χ1) is 29.9. The van der Waals surface area contributed by atoms with Crippen LogP contribution >= 0.6 is 11.8 Å². The Kier molecular flexibility index (Phi) is 10.1. The van der Waals surface area contributed by atoms with Crippen LogP contribution in [0.3, 0.4) is 0 Å². The first-order valence-corrected chi connectivity index (χ1v) is 22.1. The lowest BCUT2D eigenvalue weighted by molar-refractivity contribution is -0.828. The van der Waals surface area contributed by atoms with Gasteiger partial charge in [0, 0.05) is 71.7 Å². The molecule has 4 aromatic carbocycles. The van der Waals surface area contributed by atoms with Crippen molar-refractivity contribution in [1.29, 1.82) is 0 Å². The zero-order valence-corrected chi connectivity index (χ0v) is 38.3. The van der Waals surface area contributed by atoms with Crippen LogP contribution < -0.4 is 24.9 Å². The molecule has 5 aliphatic rings. The van der Waals surface area contributed by atoms with Gasteiger partial charge in [-0.25, -0.2) is 4.58 Å². The van der Waals surface area contributed by atoms with Gasteiger partial charge < -0.3 is 24.4 Å². The van der Waals surface area contributed by atoms with Crippen molar-refractivity contribution in [3.05, 3.63) is 165 Å². The summed E-state index contributed by atoms with van der Waals surface area (Å²) in [5.74, 6) is 0.276. The van der Waals surface area contributed by atoms with E-state index in [4.69, 9.17) is 4.42 Å². The normalized spacial score (nSPS) is 23.1. The monoisotopic (exact) mass is 856 g/mol. The summed E-state index contributed by atoms with van der Waals surface area (Å²) < 4.78 is 7.49. The SMILES string of the molecule is CN(C)c1ccc(C2=C([O-])C(=C3C=CC(=[N+](C)C)S3)C2=O)o1.CN1/C(=C\CC2=C([O-])C(=CC3[NH+](C)c4ccc5ccccc5c4C3(C)C)C2=O)C(C)(C)c2c1ccc1ccccc21. The number of fused-ring (bicyclic) bond motifs is 6. The molecule has 2 unspecified atom stereocenters. The molecule has 1 aromatic heterocycles. The third-order valence-electron chi connectivity index (χ3n) is 13.5. The van der Waals surface area contributed by atoms with Gasteiger partial charge in [0.2, 0.25) is 5.04 Å². The topological polar surface area (TPSA) is 107 Å². The summed E-state index contributed by atoms with van der Waals surface area (Å²) >= 11 is 1.43. The summed E-state index contributed by atoms with van der Waals surface area (Å²) in [6, 6.07) is 29.1. The number of anilines is 2. The number of hydrogen-bond donors (Lipinski definition) is 1. The molecule has 5 aromatic rings. The Hall–Kier alpha value is -6.36. The molecular formula is C53H52N4O5S. The van der Waals surface area contributed by atoms with Crippen molar-refractivity contribution in [2.75, 3.05) is 52.1 Å². The number of Topliss-reactive ketones (excluding diaryl/α,β-unsaturated/α-hetero) is 2. The van der Waals surface area contributed by atoms with Crippen molar-refractivity contribution in [2.24, 2.45) is 0 Å². The number of rotatable bonds is 5. The van der Waals surface area contributed by atoms with Gasteiger partial charge in [0.1, 0.15) is 31.6 Å². The van der Waals surface area contributed by atoms with Gasteiger partial charge >= 0.3 is 0 Å². The molecule has 9 nitrogen and oxygen atoms in total. The zero-order chi connectivity index (χ0) is 44.9. The minimum absolute atomic E-state index is 0.00575. The number of hydrogen-bond acceptors (Lipinski definition) is 8. The van der Waals surface area contributed by atoms with Crippen molar-refractivity contribution in [3.63, 3.8) is 0 Å². The smallest absolute Gasteiger partial charge is 0.239 e. The number of nitrogens with one attached hydrogen (secondary N) is 1. The van der Waals surface area contributed by atoms with E-state index in [2.05, 4.69) is 126 Å². The summed E-state index contributed by atoms with van der Waals surface area (Å²) in [6.07, 6.45) is 8.12. The van der Waals surface area contributed by atoms with Crippen LogP contribution in [-0.2, 0) is 20.4 Å². The van der Waals surface area contributed by atoms with Crippen LogP contribution in [0.4, 0.5) is 17.3 Å². The first-order valence-electron chi connectivity index (χ1n) is 21.3. The van der Waals surface area contributed by atoms with E-state index >= 15 is 0 Å². The van der Waals surface area contributed by atoms with Gasteiger partial charge in [-0.05, 0) is 101 Å². The lowest BCUT2D eigenvalue weighted by Gasteiger charge is -2.34. The van der Waals surface area contributed by atoms with Crippen molar-refractivity contribution in [3.8, 4) is 0 Å². The third-order valence-corrected chi connectivity index (χ3v) is 14.7. The van der Waals surface area contributed by atoms with Gasteiger partial charge in [0.05, 0.1) is 18.0 Å². The summed E-state index contributed by atoms with van der Waals surface area (Å²) in [5, 5.41) is 31.7. The van der Waals surface area contributed by atoms with E-state index in [0.717, 1.165) is 10.7 Å². The fourth-order valence-electron chi connectivity index (χ4n) is 10.2. The number of nitrogens with zero attached hydrogens (tertiary/aromatic N) is 3. The molecule has 0 fully saturated rings. The molecule has 2 aliphatic carbocycles. The number of benzene rings is 4. The molecule has 10 heteroatoms. The maximum absolute atomic E-state index is 13.4. The van der Waals surface area contributed by atoms with Crippen LogP contribution in [-0.4, -0.2) is 69.5 Å². The number of quaternary nitrogens is 1. The molecule has 0 bridgehead atoms. The fourth-order valence-corrected chi connectivity index (χ4v) is 11.1. The van der Waals surface area contributed by atoms with E-state index in [9.17, 15) is 19.8 Å². The van der Waals surface area contributed by atoms with E-state index in [1.54, 1.807) is 17.0 Å². The lowest BCUT2D eigenvalue weighted by Crippen LogP contribution is -3.07. The van der Waals surface area contributed by atoms with Crippen LogP contribution in [0.5, 0.6) is 0 Å². The van der Waals surface area contributed by atoms with Crippen LogP contribution in [0.25, 0.3) is 27.1 Å². The Morgan fingerprint density at radius 1 is 0.825 bits per heavy atom. The molecule has 320 valence electrons. The predicted octanol–water partition coefficient (Wildman–Crippen LogP) is 6.85. The second-order valence-electron chi connectivity index (χ2n) is 18.4. The molecule has 0 spiro atoms. The average molecular weight is 857 g/mol. The number of likely N-dealkylation sites (N-methyl/N-ethyl adjacent to an activating group) is 2. The van der Waals surface area contributed by atoms with Crippen molar-refractivity contribution >= 4 is 72.7 Å². The van der Waals surface area contributed by atoms with Gasteiger partial charge in [-0.15, -0.1) is 0 Å². The minimum Gasteiger partial charge on any atom is -0.872 e. The van der Waals surface area contributed by atoms with Crippen LogP contribution in [0.2, 0.25) is 0 Å². The highest BCUT2D eigenvalue weighted by Gasteiger charge is 2.49. The van der Waals surface area contributed by atoms with Gasteiger partial charge in [-0.2, -0.15) is 0 Å². The second kappa shape index (κ2) is 15.2. The van der Waals surface area contributed by atoms with Crippen molar-refractivity contribution < 1.29 is 33.7 Å². The van der Waals surface area contributed by atoms with Crippen LogP contribution in [0, 0.1) is 0 Å². The Morgan fingerprint density at radius 3 is 2.08 bits per heavy atom. The Balaban J connectivity index is 0.000000193. The van der Waals surface area contributed by atoms with E-state index in [1.165, 1.54) is 60.7 Å². The maximum Gasteiger partial charge on any atom is 0.239 e. The second-order valence-corrected chi connectivity index (χ2v) is 19.5. The highest BCUT2D eigenvalue weighted by atomic mass is 32.2. The van der Waals surface area contributed by atoms with Gasteiger partial charge in [0.15, 0.2) is 17.5 Å². The quantitative estimate of drug-likeness (QED) is 0.151. The molecule has 63 heavy (non-hydrogen) atoms. The van der Waals surface area contributed by atoms with E-state index in [0.29, 0.717) is 34.1 Å². The highest BCUT2D eigenvalue weighted by molar-refractivity contribution is 8.18. The number of carbonyl (C=O) groups excluding carboxylic acids is 2. The Bertz CT molecular complexity index is 3060. The molecule has 0 saturated heterocycles. The maximum atomic E-state index is 13.4. The number of allylic oxidation sites excluding steroid dienone is 7. The summed E-state index contributed by atoms with van der Waals surface area (Å²) in [4.78, 5) is 31.7. The zero-order valence-electron chi connectivity index (χ0n) is 37.5. The minimum atomic E-state index is -0.242. The van der Waals surface area contributed by atoms with Gasteiger partial charge in [-0.3, -0.25) is 14.5 Å². The third kappa shape index (κ3) is 6.52. The Morgan fingerprint density at radius 2 is 1.48 bits per heavy atom. The first kappa shape index (κ1) is 42.0. The van der Waals surface area contributed by atoms with Gasteiger partial charge in [0.25, 0.3) is 0 Å². The molecule has 10 rings (SSSR count). The van der Waals surface area contributed by atoms with Crippen LogP contribution in [0.1, 0.15) is 51.0 Å². The molecule has 0 amide bonds.